The van der Waals surface area contributed by atoms with E-state index in [-0.39, 0.29) is 5.78 Å². The molecule has 0 saturated heterocycles. The molecule has 0 aromatic heterocycles. The Morgan fingerprint density at radius 2 is 1.67 bits per heavy atom. The number of nitrogens with two attached hydrogens (primary N) is 1. The van der Waals surface area contributed by atoms with Gasteiger partial charge in [-0.25, -0.2) is 8.42 Å². The monoisotopic (exact) mass is 324 g/mol. The minimum absolute atomic E-state index is 0.220. The number of benzene rings is 2. The van der Waals surface area contributed by atoms with Gasteiger partial charge in [-0.15, -0.1) is 0 Å². The molecule has 0 aliphatic heterocycles. The van der Waals surface area contributed by atoms with E-state index in [0.29, 0.717) is 27.5 Å². The highest BCUT2D eigenvalue weighted by Gasteiger charge is 2.11. The zero-order chi connectivity index (χ0) is 15.6. The summed E-state index contributed by atoms with van der Waals surface area (Å²) < 4.78 is 24.5. The van der Waals surface area contributed by atoms with E-state index in [1.807, 2.05) is 0 Å². The smallest absolute Gasteiger partial charge is 0.229 e. The molecule has 2 aromatic carbocycles. The van der Waals surface area contributed by atoms with E-state index in [1.165, 1.54) is 18.2 Å². The molecule has 2 aromatic rings. The van der Waals surface area contributed by atoms with Crippen molar-refractivity contribution >= 4 is 38.8 Å². The standard InChI is InChI=1S/C14H13ClN2O3S/c1-21(19,20)17-11-5-2-9(3-6-11)14(18)10-4-7-13(16)12(15)8-10/h2-8,17H,16H2,1H3. The molecule has 0 radical (unpaired) electrons. The Bertz CT molecular complexity index is 786. The molecule has 0 saturated carbocycles. The first kappa shape index (κ1) is 15.3. The van der Waals surface area contributed by atoms with Crippen LogP contribution in [-0.2, 0) is 10.0 Å². The maximum absolute atomic E-state index is 12.3. The zero-order valence-electron chi connectivity index (χ0n) is 11.1. The van der Waals surface area contributed by atoms with Crippen molar-refractivity contribution in [1.82, 2.24) is 0 Å². The van der Waals surface area contributed by atoms with E-state index in [1.54, 1.807) is 24.3 Å². The summed E-state index contributed by atoms with van der Waals surface area (Å²) in [5, 5.41) is 0.316. The van der Waals surface area contributed by atoms with Crippen molar-refractivity contribution in [2.24, 2.45) is 0 Å². The fourth-order valence-electron chi connectivity index (χ4n) is 1.74. The Labute approximate surface area is 127 Å². The second-order valence-electron chi connectivity index (χ2n) is 4.52. The van der Waals surface area contributed by atoms with Gasteiger partial charge in [0.15, 0.2) is 5.78 Å². The van der Waals surface area contributed by atoms with Crippen molar-refractivity contribution in [3.8, 4) is 0 Å². The van der Waals surface area contributed by atoms with Gasteiger partial charge in [0.1, 0.15) is 0 Å². The van der Waals surface area contributed by atoms with Gasteiger partial charge in [-0.2, -0.15) is 0 Å². The van der Waals surface area contributed by atoms with Crippen LogP contribution in [0.2, 0.25) is 5.02 Å². The fourth-order valence-corrected chi connectivity index (χ4v) is 2.48. The number of anilines is 2. The maximum atomic E-state index is 12.3. The summed E-state index contributed by atoms with van der Waals surface area (Å²) in [7, 11) is -3.34. The summed E-state index contributed by atoms with van der Waals surface area (Å²) >= 11 is 5.89. The minimum Gasteiger partial charge on any atom is -0.398 e. The van der Waals surface area contributed by atoms with Crippen molar-refractivity contribution in [3.63, 3.8) is 0 Å². The molecule has 110 valence electrons. The molecule has 0 atom stereocenters. The third kappa shape index (κ3) is 3.96. The molecule has 0 aliphatic carbocycles. The number of sulfonamides is 1. The van der Waals surface area contributed by atoms with Crippen LogP contribution in [0.25, 0.3) is 0 Å². The predicted molar refractivity (Wildman–Crippen MR) is 84.2 cm³/mol. The van der Waals surface area contributed by atoms with Gasteiger partial charge in [-0.3, -0.25) is 9.52 Å². The van der Waals surface area contributed by atoms with Crippen molar-refractivity contribution in [3.05, 3.63) is 58.6 Å². The minimum atomic E-state index is -3.34. The third-order valence-electron chi connectivity index (χ3n) is 2.71. The number of rotatable bonds is 4. The summed E-state index contributed by atoms with van der Waals surface area (Å²) in [4.78, 5) is 12.3. The van der Waals surface area contributed by atoms with E-state index in [2.05, 4.69) is 4.72 Å². The van der Waals surface area contributed by atoms with E-state index in [9.17, 15) is 13.2 Å². The molecular formula is C14H13ClN2O3S. The highest BCUT2D eigenvalue weighted by Crippen LogP contribution is 2.22. The largest absolute Gasteiger partial charge is 0.398 e. The van der Waals surface area contributed by atoms with Gasteiger partial charge in [0.05, 0.1) is 17.0 Å². The summed E-state index contributed by atoms with van der Waals surface area (Å²) in [5.41, 5.74) is 7.24. The summed E-state index contributed by atoms with van der Waals surface area (Å²) in [5.74, 6) is -0.220. The lowest BCUT2D eigenvalue weighted by atomic mass is 10.0. The van der Waals surface area contributed by atoms with Crippen LogP contribution in [0.1, 0.15) is 15.9 Å². The number of halogens is 1. The van der Waals surface area contributed by atoms with E-state index in [0.717, 1.165) is 6.26 Å². The highest BCUT2D eigenvalue weighted by atomic mass is 35.5. The lowest BCUT2D eigenvalue weighted by molar-refractivity contribution is 0.103. The molecule has 7 heteroatoms. The first-order chi connectivity index (χ1) is 9.76. The summed E-state index contributed by atoms with van der Waals surface area (Å²) in [6, 6.07) is 10.8. The van der Waals surface area contributed by atoms with Gasteiger partial charge < -0.3 is 5.73 Å². The third-order valence-corrected chi connectivity index (χ3v) is 3.65. The lowest BCUT2D eigenvalue weighted by Gasteiger charge is -2.06. The quantitative estimate of drug-likeness (QED) is 0.668. The van der Waals surface area contributed by atoms with Crippen LogP contribution in [-0.4, -0.2) is 20.5 Å². The van der Waals surface area contributed by atoms with Crippen molar-refractivity contribution < 1.29 is 13.2 Å². The average Bonchev–Trinajstić information content (AvgIpc) is 2.40. The number of nitrogen functional groups attached to an aromatic ring is 1. The molecule has 21 heavy (non-hydrogen) atoms. The second kappa shape index (κ2) is 5.75. The number of carbonyl (C=O) groups is 1. The number of nitrogens with one attached hydrogen (secondary N) is 1. The second-order valence-corrected chi connectivity index (χ2v) is 6.67. The molecule has 2 rings (SSSR count). The van der Waals surface area contributed by atoms with Gasteiger partial charge in [0, 0.05) is 16.8 Å². The molecule has 5 nitrogen and oxygen atoms in total. The Morgan fingerprint density at radius 1 is 1.10 bits per heavy atom. The molecule has 0 spiro atoms. The van der Waals surface area contributed by atoms with Crippen LogP contribution < -0.4 is 10.5 Å². The Morgan fingerprint density at radius 3 is 2.19 bits per heavy atom. The number of hydrogen-bond donors (Lipinski definition) is 2. The molecule has 0 amide bonds. The van der Waals surface area contributed by atoms with Gasteiger partial charge in [-0.05, 0) is 42.5 Å². The van der Waals surface area contributed by atoms with Crippen LogP contribution in [0.4, 0.5) is 11.4 Å². The predicted octanol–water partition coefficient (Wildman–Crippen LogP) is 2.52. The average molecular weight is 325 g/mol. The van der Waals surface area contributed by atoms with Crippen LogP contribution in [0.5, 0.6) is 0 Å². The topological polar surface area (TPSA) is 89.3 Å². The fraction of sp³-hybridized carbons (Fsp3) is 0.0714. The Hall–Kier alpha value is -2.05. The van der Waals surface area contributed by atoms with Crippen molar-refractivity contribution in [2.45, 2.75) is 0 Å². The normalized spacial score (nSPS) is 11.1. The first-order valence-electron chi connectivity index (χ1n) is 5.94. The molecule has 3 N–H and O–H groups in total. The maximum Gasteiger partial charge on any atom is 0.229 e. The molecule has 0 heterocycles. The number of hydrogen-bond acceptors (Lipinski definition) is 4. The van der Waals surface area contributed by atoms with E-state index < -0.39 is 10.0 Å². The van der Waals surface area contributed by atoms with Crippen molar-refractivity contribution in [1.29, 1.82) is 0 Å². The molecule has 0 fully saturated rings. The lowest BCUT2D eigenvalue weighted by Crippen LogP contribution is -2.09. The first-order valence-corrected chi connectivity index (χ1v) is 8.21. The number of carbonyl (C=O) groups excluding carboxylic acids is 1. The highest BCUT2D eigenvalue weighted by molar-refractivity contribution is 7.92. The Kier molecular flexibility index (Phi) is 4.20. The van der Waals surface area contributed by atoms with Crippen LogP contribution in [0.15, 0.2) is 42.5 Å². The zero-order valence-corrected chi connectivity index (χ0v) is 12.7. The van der Waals surface area contributed by atoms with E-state index >= 15 is 0 Å². The Balaban J connectivity index is 2.25. The van der Waals surface area contributed by atoms with Crippen LogP contribution in [0.3, 0.4) is 0 Å². The summed E-state index contributed by atoms with van der Waals surface area (Å²) in [6.07, 6.45) is 1.06. The van der Waals surface area contributed by atoms with Crippen LogP contribution >= 0.6 is 11.6 Å². The van der Waals surface area contributed by atoms with Crippen molar-refractivity contribution in [2.75, 3.05) is 16.7 Å². The molecule has 0 unspecified atom stereocenters. The SMILES string of the molecule is CS(=O)(=O)Nc1ccc(C(=O)c2ccc(N)c(Cl)c2)cc1. The summed E-state index contributed by atoms with van der Waals surface area (Å²) in [6.45, 7) is 0. The van der Waals surface area contributed by atoms with Gasteiger partial charge in [0.2, 0.25) is 10.0 Å². The van der Waals surface area contributed by atoms with Gasteiger partial charge in [-0.1, -0.05) is 11.6 Å². The molecule has 0 bridgehead atoms. The number of ketones is 1. The van der Waals surface area contributed by atoms with Crippen LogP contribution in [0, 0.1) is 0 Å². The van der Waals surface area contributed by atoms with Gasteiger partial charge in [0.25, 0.3) is 0 Å². The molecular weight excluding hydrogens is 312 g/mol. The molecule has 0 aliphatic rings. The van der Waals surface area contributed by atoms with Gasteiger partial charge >= 0.3 is 0 Å². The van der Waals surface area contributed by atoms with E-state index in [4.69, 9.17) is 17.3 Å².